The lowest BCUT2D eigenvalue weighted by molar-refractivity contribution is 0.0947. The summed E-state index contributed by atoms with van der Waals surface area (Å²) >= 11 is 11.9. The Balaban J connectivity index is 1.68. The maximum Gasteiger partial charge on any atom is 0.275 e. The standard InChI is InChI=1S/C17H14Cl2FN5O/c18-12-4-3-11(14(19)7-12)8-22-17(26)15-16(21)25(24-23-15)9-10-1-5-13(20)6-2-10/h1-7H,8-9,21H2,(H,22,26). The van der Waals surface area contributed by atoms with Gasteiger partial charge in [-0.1, -0.05) is 46.6 Å². The largest absolute Gasteiger partial charge is 0.382 e. The highest BCUT2D eigenvalue weighted by Crippen LogP contribution is 2.21. The first kappa shape index (κ1) is 18.2. The van der Waals surface area contributed by atoms with Gasteiger partial charge in [-0.15, -0.1) is 5.10 Å². The summed E-state index contributed by atoms with van der Waals surface area (Å²) < 4.78 is 14.3. The monoisotopic (exact) mass is 393 g/mol. The minimum atomic E-state index is -0.473. The van der Waals surface area contributed by atoms with Gasteiger partial charge in [-0.05, 0) is 35.4 Å². The second kappa shape index (κ2) is 7.72. The third-order valence-corrected chi connectivity index (χ3v) is 4.28. The molecule has 0 saturated carbocycles. The van der Waals surface area contributed by atoms with Gasteiger partial charge < -0.3 is 11.1 Å². The molecule has 9 heteroatoms. The van der Waals surface area contributed by atoms with Crippen molar-refractivity contribution >= 4 is 34.9 Å². The van der Waals surface area contributed by atoms with E-state index in [-0.39, 0.29) is 30.4 Å². The topological polar surface area (TPSA) is 85.8 Å². The number of rotatable bonds is 5. The van der Waals surface area contributed by atoms with Gasteiger partial charge in [0.25, 0.3) is 5.91 Å². The highest BCUT2D eigenvalue weighted by atomic mass is 35.5. The molecule has 6 nitrogen and oxygen atoms in total. The van der Waals surface area contributed by atoms with Gasteiger partial charge in [0.15, 0.2) is 11.5 Å². The number of aromatic nitrogens is 3. The first-order chi connectivity index (χ1) is 12.4. The number of hydrogen-bond acceptors (Lipinski definition) is 4. The van der Waals surface area contributed by atoms with Gasteiger partial charge >= 0.3 is 0 Å². The van der Waals surface area contributed by atoms with E-state index in [1.807, 2.05) is 0 Å². The smallest absolute Gasteiger partial charge is 0.275 e. The van der Waals surface area contributed by atoms with Crippen LogP contribution in [0.4, 0.5) is 10.2 Å². The van der Waals surface area contributed by atoms with Gasteiger partial charge in [0, 0.05) is 16.6 Å². The van der Waals surface area contributed by atoms with E-state index in [0.717, 1.165) is 5.56 Å². The zero-order valence-corrected chi connectivity index (χ0v) is 14.9. The number of carbonyl (C=O) groups excluding carboxylic acids is 1. The van der Waals surface area contributed by atoms with Crippen molar-refractivity contribution in [2.45, 2.75) is 13.1 Å². The molecule has 0 aliphatic carbocycles. The second-order valence-corrected chi connectivity index (χ2v) is 6.37. The molecule has 0 aliphatic heterocycles. The first-order valence-electron chi connectivity index (χ1n) is 7.59. The molecule has 0 fully saturated rings. The summed E-state index contributed by atoms with van der Waals surface area (Å²) in [6, 6.07) is 10.9. The van der Waals surface area contributed by atoms with Crippen LogP contribution in [-0.2, 0) is 13.1 Å². The van der Waals surface area contributed by atoms with E-state index in [9.17, 15) is 9.18 Å². The maximum absolute atomic E-state index is 13.0. The zero-order valence-electron chi connectivity index (χ0n) is 13.4. The lowest BCUT2D eigenvalue weighted by atomic mass is 10.2. The zero-order chi connectivity index (χ0) is 18.7. The van der Waals surface area contributed by atoms with E-state index in [0.29, 0.717) is 15.6 Å². The average molecular weight is 394 g/mol. The fourth-order valence-corrected chi connectivity index (χ4v) is 2.76. The molecule has 1 aromatic heterocycles. The number of nitrogens with two attached hydrogens (primary N) is 1. The molecule has 3 N–H and O–H groups in total. The van der Waals surface area contributed by atoms with E-state index in [1.165, 1.54) is 16.8 Å². The van der Waals surface area contributed by atoms with Crippen LogP contribution in [0.1, 0.15) is 21.6 Å². The van der Waals surface area contributed by atoms with Gasteiger partial charge in [-0.25, -0.2) is 9.07 Å². The molecule has 1 heterocycles. The summed E-state index contributed by atoms with van der Waals surface area (Å²) in [4.78, 5) is 12.3. The van der Waals surface area contributed by atoms with Crippen LogP contribution in [0.5, 0.6) is 0 Å². The van der Waals surface area contributed by atoms with Crippen molar-refractivity contribution in [3.8, 4) is 0 Å². The third kappa shape index (κ3) is 4.12. The second-order valence-electron chi connectivity index (χ2n) is 5.53. The number of nitrogens with one attached hydrogen (secondary N) is 1. The Morgan fingerprint density at radius 1 is 1.19 bits per heavy atom. The Morgan fingerprint density at radius 3 is 2.62 bits per heavy atom. The number of halogens is 3. The maximum atomic E-state index is 13.0. The number of carbonyl (C=O) groups is 1. The molecule has 0 bridgehead atoms. The number of anilines is 1. The SMILES string of the molecule is Nc1c(C(=O)NCc2ccc(Cl)cc2Cl)nnn1Cc1ccc(F)cc1. The fourth-order valence-electron chi connectivity index (χ4n) is 2.29. The van der Waals surface area contributed by atoms with Crippen LogP contribution in [-0.4, -0.2) is 20.9 Å². The number of benzene rings is 2. The van der Waals surface area contributed by atoms with E-state index in [4.69, 9.17) is 28.9 Å². The Morgan fingerprint density at radius 2 is 1.92 bits per heavy atom. The van der Waals surface area contributed by atoms with Crippen LogP contribution in [0.2, 0.25) is 10.0 Å². The highest BCUT2D eigenvalue weighted by Gasteiger charge is 2.17. The number of amides is 1. The van der Waals surface area contributed by atoms with Gasteiger partial charge in [-0.2, -0.15) is 0 Å². The molecule has 0 saturated heterocycles. The minimum absolute atomic E-state index is 0.0113. The summed E-state index contributed by atoms with van der Waals surface area (Å²) in [5, 5.41) is 11.4. The quantitative estimate of drug-likeness (QED) is 0.696. The van der Waals surface area contributed by atoms with E-state index < -0.39 is 5.91 Å². The van der Waals surface area contributed by atoms with Crippen LogP contribution in [0.3, 0.4) is 0 Å². The van der Waals surface area contributed by atoms with Crippen LogP contribution >= 0.6 is 23.2 Å². The molecule has 26 heavy (non-hydrogen) atoms. The number of nitrogen functional groups attached to an aromatic ring is 1. The van der Waals surface area contributed by atoms with Crippen molar-refractivity contribution in [1.29, 1.82) is 0 Å². The average Bonchev–Trinajstić information content (AvgIpc) is 2.97. The lowest BCUT2D eigenvalue weighted by Gasteiger charge is -2.07. The fraction of sp³-hybridized carbons (Fsp3) is 0.118. The Labute approximate surface area is 158 Å². The first-order valence-corrected chi connectivity index (χ1v) is 8.35. The van der Waals surface area contributed by atoms with E-state index in [1.54, 1.807) is 30.3 Å². The van der Waals surface area contributed by atoms with Crippen LogP contribution in [0.25, 0.3) is 0 Å². The summed E-state index contributed by atoms with van der Waals surface area (Å²) in [5.41, 5.74) is 7.46. The van der Waals surface area contributed by atoms with Gasteiger partial charge in [-0.3, -0.25) is 4.79 Å². The van der Waals surface area contributed by atoms with Crippen molar-refractivity contribution in [3.63, 3.8) is 0 Å². The number of hydrogen-bond donors (Lipinski definition) is 2. The highest BCUT2D eigenvalue weighted by molar-refractivity contribution is 6.35. The third-order valence-electron chi connectivity index (χ3n) is 3.69. The van der Waals surface area contributed by atoms with Crippen molar-refractivity contribution in [1.82, 2.24) is 20.3 Å². The predicted molar refractivity (Wildman–Crippen MR) is 97.6 cm³/mol. The normalized spacial score (nSPS) is 10.7. The summed E-state index contributed by atoms with van der Waals surface area (Å²) in [6.07, 6.45) is 0. The van der Waals surface area contributed by atoms with Crippen LogP contribution in [0, 0.1) is 5.82 Å². The van der Waals surface area contributed by atoms with E-state index >= 15 is 0 Å². The van der Waals surface area contributed by atoms with Crippen molar-refractivity contribution in [2.75, 3.05) is 5.73 Å². The summed E-state index contributed by atoms with van der Waals surface area (Å²) in [6.45, 7) is 0.467. The van der Waals surface area contributed by atoms with Crippen molar-refractivity contribution in [2.24, 2.45) is 0 Å². The molecule has 0 atom stereocenters. The Hall–Kier alpha value is -2.64. The molecule has 2 aromatic carbocycles. The van der Waals surface area contributed by atoms with Gasteiger partial charge in [0.2, 0.25) is 0 Å². The molecule has 0 spiro atoms. The number of nitrogens with zero attached hydrogens (tertiary/aromatic N) is 3. The molecule has 3 aromatic rings. The van der Waals surface area contributed by atoms with Crippen LogP contribution < -0.4 is 11.1 Å². The van der Waals surface area contributed by atoms with E-state index in [2.05, 4.69) is 15.6 Å². The minimum Gasteiger partial charge on any atom is -0.382 e. The van der Waals surface area contributed by atoms with Crippen molar-refractivity contribution < 1.29 is 9.18 Å². The summed E-state index contributed by atoms with van der Waals surface area (Å²) in [7, 11) is 0. The molecule has 134 valence electrons. The van der Waals surface area contributed by atoms with Crippen molar-refractivity contribution in [3.05, 3.63) is 75.1 Å². The molecule has 0 aliphatic rings. The molecule has 3 rings (SSSR count). The predicted octanol–water partition coefficient (Wildman–Crippen LogP) is 3.28. The van der Waals surface area contributed by atoms with Gasteiger partial charge in [0.1, 0.15) is 5.82 Å². The molecule has 0 unspecified atom stereocenters. The molecule has 1 amide bonds. The molecular weight excluding hydrogens is 380 g/mol. The molecule has 0 radical (unpaired) electrons. The Bertz CT molecular complexity index is 943. The van der Waals surface area contributed by atoms with Crippen LogP contribution in [0.15, 0.2) is 42.5 Å². The van der Waals surface area contributed by atoms with Gasteiger partial charge in [0.05, 0.1) is 6.54 Å². The summed E-state index contributed by atoms with van der Waals surface area (Å²) in [5.74, 6) is -0.686. The Kier molecular flexibility index (Phi) is 5.39. The molecular formula is C17H14Cl2FN5O. The lowest BCUT2D eigenvalue weighted by Crippen LogP contribution is -2.24.